The third-order valence-corrected chi connectivity index (χ3v) is 5.23. The number of rotatable bonds is 2. The van der Waals surface area contributed by atoms with Gasteiger partial charge in [0.25, 0.3) is 5.56 Å². The van der Waals surface area contributed by atoms with Crippen LogP contribution in [-0.2, 0) is 12.8 Å². The topological polar surface area (TPSA) is 34.9 Å². The van der Waals surface area contributed by atoms with Crippen LogP contribution in [0.2, 0.25) is 0 Å². The molecule has 0 bridgehead atoms. The SMILES string of the molecule is CCC(C)n1ncc2c3c(sc2c1=O)CCCC3. The second-order valence-corrected chi connectivity index (χ2v) is 6.21. The Kier molecular flexibility index (Phi) is 2.98. The van der Waals surface area contributed by atoms with Crippen molar-refractivity contribution in [1.82, 2.24) is 9.78 Å². The van der Waals surface area contributed by atoms with E-state index in [9.17, 15) is 4.79 Å². The van der Waals surface area contributed by atoms with Crippen LogP contribution in [0.4, 0.5) is 0 Å². The van der Waals surface area contributed by atoms with Gasteiger partial charge in [0.05, 0.1) is 12.2 Å². The summed E-state index contributed by atoms with van der Waals surface area (Å²) in [4.78, 5) is 13.9. The van der Waals surface area contributed by atoms with E-state index < -0.39 is 0 Å². The minimum atomic E-state index is 0.0984. The normalized spacial score (nSPS) is 16.8. The lowest BCUT2D eigenvalue weighted by molar-refractivity contribution is 0.458. The van der Waals surface area contributed by atoms with Gasteiger partial charge in [-0.3, -0.25) is 4.79 Å². The fourth-order valence-electron chi connectivity index (χ4n) is 2.65. The van der Waals surface area contributed by atoms with Crippen LogP contribution in [0.15, 0.2) is 11.0 Å². The maximum Gasteiger partial charge on any atom is 0.284 e. The van der Waals surface area contributed by atoms with E-state index in [2.05, 4.69) is 12.0 Å². The van der Waals surface area contributed by atoms with Crippen molar-refractivity contribution in [3.63, 3.8) is 0 Å². The highest BCUT2D eigenvalue weighted by atomic mass is 32.1. The van der Waals surface area contributed by atoms with E-state index in [1.54, 1.807) is 16.0 Å². The van der Waals surface area contributed by atoms with E-state index in [-0.39, 0.29) is 11.6 Å². The average Bonchev–Trinajstić information content (AvgIpc) is 2.78. The van der Waals surface area contributed by atoms with E-state index in [0.29, 0.717) is 0 Å². The van der Waals surface area contributed by atoms with Gasteiger partial charge in [-0.05, 0) is 44.6 Å². The van der Waals surface area contributed by atoms with Crippen molar-refractivity contribution in [1.29, 1.82) is 0 Å². The molecule has 0 aliphatic heterocycles. The van der Waals surface area contributed by atoms with E-state index in [4.69, 9.17) is 0 Å². The summed E-state index contributed by atoms with van der Waals surface area (Å²) in [6, 6.07) is 0.182. The predicted octanol–water partition coefficient (Wildman–Crippen LogP) is 3.31. The van der Waals surface area contributed by atoms with E-state index in [1.807, 2.05) is 13.1 Å². The quantitative estimate of drug-likeness (QED) is 0.832. The molecular formula is C14H18N2OS. The molecule has 0 saturated carbocycles. The molecule has 18 heavy (non-hydrogen) atoms. The Hall–Kier alpha value is -1.16. The van der Waals surface area contributed by atoms with Gasteiger partial charge in [-0.1, -0.05) is 6.92 Å². The number of nitrogens with zero attached hydrogens (tertiary/aromatic N) is 2. The van der Waals surface area contributed by atoms with Crippen LogP contribution in [0.1, 0.15) is 49.6 Å². The van der Waals surface area contributed by atoms with E-state index in [1.165, 1.54) is 23.3 Å². The Morgan fingerprint density at radius 3 is 3.00 bits per heavy atom. The molecule has 2 aromatic rings. The molecule has 4 heteroatoms. The Morgan fingerprint density at radius 1 is 1.44 bits per heavy atom. The minimum absolute atomic E-state index is 0.0984. The molecule has 2 heterocycles. The zero-order valence-electron chi connectivity index (χ0n) is 10.9. The van der Waals surface area contributed by atoms with Crippen molar-refractivity contribution in [3.8, 4) is 0 Å². The van der Waals surface area contributed by atoms with Gasteiger partial charge in [-0.2, -0.15) is 5.10 Å². The molecule has 3 rings (SSSR count). The van der Waals surface area contributed by atoms with Crippen molar-refractivity contribution in [2.75, 3.05) is 0 Å². The summed E-state index contributed by atoms with van der Waals surface area (Å²) in [6.45, 7) is 4.14. The summed E-state index contributed by atoms with van der Waals surface area (Å²) in [5.41, 5.74) is 1.49. The molecule has 3 nitrogen and oxygen atoms in total. The highest BCUT2D eigenvalue weighted by Crippen LogP contribution is 2.34. The zero-order valence-corrected chi connectivity index (χ0v) is 11.7. The third-order valence-electron chi connectivity index (χ3n) is 3.93. The molecule has 1 aliphatic rings. The molecule has 0 amide bonds. The number of hydrogen-bond acceptors (Lipinski definition) is 3. The van der Waals surface area contributed by atoms with Gasteiger partial charge >= 0.3 is 0 Å². The lowest BCUT2D eigenvalue weighted by atomic mass is 9.97. The Balaban J connectivity index is 2.24. The Labute approximate surface area is 110 Å². The van der Waals surface area contributed by atoms with Crippen LogP contribution >= 0.6 is 11.3 Å². The first kappa shape index (κ1) is 11.9. The number of thiophene rings is 1. The van der Waals surface area contributed by atoms with Crippen LogP contribution in [0.3, 0.4) is 0 Å². The van der Waals surface area contributed by atoms with Gasteiger partial charge in [-0.15, -0.1) is 11.3 Å². The van der Waals surface area contributed by atoms with Crippen molar-refractivity contribution >= 4 is 21.4 Å². The molecule has 0 fully saturated rings. The van der Waals surface area contributed by atoms with Gasteiger partial charge in [0.2, 0.25) is 0 Å². The zero-order chi connectivity index (χ0) is 12.7. The molecule has 0 spiro atoms. The smallest absolute Gasteiger partial charge is 0.266 e. The second-order valence-electron chi connectivity index (χ2n) is 5.11. The van der Waals surface area contributed by atoms with Crippen LogP contribution in [0, 0.1) is 0 Å². The number of aryl methyl sites for hydroxylation is 2. The van der Waals surface area contributed by atoms with Crippen LogP contribution in [-0.4, -0.2) is 9.78 Å². The molecule has 2 aromatic heterocycles. The molecule has 1 unspecified atom stereocenters. The Morgan fingerprint density at radius 2 is 2.22 bits per heavy atom. The molecule has 0 N–H and O–H groups in total. The monoisotopic (exact) mass is 262 g/mol. The number of aromatic nitrogens is 2. The summed E-state index contributed by atoms with van der Waals surface area (Å²) in [6.07, 6.45) is 7.59. The summed E-state index contributed by atoms with van der Waals surface area (Å²) in [5, 5.41) is 5.48. The van der Waals surface area contributed by atoms with Crippen LogP contribution in [0.25, 0.3) is 10.1 Å². The first-order valence-corrected chi connectivity index (χ1v) is 7.56. The Bertz CT molecular complexity index is 641. The molecule has 96 valence electrons. The summed E-state index contributed by atoms with van der Waals surface area (Å²) >= 11 is 1.70. The molecule has 0 aromatic carbocycles. The van der Waals surface area contributed by atoms with Gasteiger partial charge < -0.3 is 0 Å². The van der Waals surface area contributed by atoms with Gasteiger partial charge in [0.15, 0.2) is 0 Å². The maximum absolute atomic E-state index is 12.5. The first-order valence-electron chi connectivity index (χ1n) is 6.74. The molecule has 1 aliphatic carbocycles. The van der Waals surface area contributed by atoms with Gasteiger partial charge in [0, 0.05) is 10.3 Å². The molecule has 0 saturated heterocycles. The highest BCUT2D eigenvalue weighted by molar-refractivity contribution is 7.19. The maximum atomic E-state index is 12.5. The molecular weight excluding hydrogens is 244 g/mol. The minimum Gasteiger partial charge on any atom is -0.266 e. The molecule has 0 radical (unpaired) electrons. The van der Waals surface area contributed by atoms with Crippen molar-refractivity contribution in [3.05, 3.63) is 27.0 Å². The number of fused-ring (bicyclic) bond motifs is 3. The summed E-state index contributed by atoms with van der Waals surface area (Å²) in [5.74, 6) is 0. The van der Waals surface area contributed by atoms with Crippen LogP contribution in [0.5, 0.6) is 0 Å². The van der Waals surface area contributed by atoms with Gasteiger partial charge in [-0.25, -0.2) is 4.68 Å². The van der Waals surface area contributed by atoms with Gasteiger partial charge in [0.1, 0.15) is 4.70 Å². The third kappa shape index (κ3) is 1.70. The van der Waals surface area contributed by atoms with Crippen molar-refractivity contribution < 1.29 is 0 Å². The molecule has 1 atom stereocenters. The summed E-state index contributed by atoms with van der Waals surface area (Å²) in [7, 11) is 0. The fraction of sp³-hybridized carbons (Fsp3) is 0.571. The lowest BCUT2D eigenvalue weighted by Crippen LogP contribution is -2.24. The highest BCUT2D eigenvalue weighted by Gasteiger charge is 2.19. The average molecular weight is 262 g/mol. The van der Waals surface area contributed by atoms with Crippen LogP contribution < -0.4 is 5.56 Å². The van der Waals surface area contributed by atoms with Crippen molar-refractivity contribution in [2.24, 2.45) is 0 Å². The second kappa shape index (κ2) is 4.50. The lowest BCUT2D eigenvalue weighted by Gasteiger charge is -2.11. The van der Waals surface area contributed by atoms with E-state index >= 15 is 0 Å². The summed E-state index contributed by atoms with van der Waals surface area (Å²) < 4.78 is 2.56. The van der Waals surface area contributed by atoms with Crippen molar-refractivity contribution in [2.45, 2.75) is 52.0 Å². The first-order chi connectivity index (χ1) is 8.72. The fourth-order valence-corrected chi connectivity index (χ4v) is 3.94. The predicted molar refractivity (Wildman–Crippen MR) is 75.5 cm³/mol. The number of hydrogen-bond donors (Lipinski definition) is 0. The standard InChI is InChI=1S/C14H18N2OS/c1-3-9(2)16-14(17)13-11(8-15-16)10-6-4-5-7-12(10)18-13/h8-9H,3-7H2,1-2H3. The largest absolute Gasteiger partial charge is 0.284 e. The van der Waals surface area contributed by atoms with E-state index in [0.717, 1.165) is 29.3 Å².